The monoisotopic (exact) mass is 593 g/mol. The quantitative estimate of drug-likeness (QED) is 0.201. The highest BCUT2D eigenvalue weighted by atomic mass is 16.7. The molecule has 1 aliphatic rings. The largest absolute Gasteiger partial charge is 0.445 e. The summed E-state index contributed by atoms with van der Waals surface area (Å²) in [6.45, 7) is 0. The van der Waals surface area contributed by atoms with E-state index in [9.17, 15) is 0 Å². The molecular formula is C41H27N3O2. The van der Waals surface area contributed by atoms with E-state index >= 15 is 0 Å². The molecule has 0 fully saturated rings. The molecule has 1 aliphatic heterocycles. The van der Waals surface area contributed by atoms with Gasteiger partial charge in [-0.25, -0.2) is 4.98 Å². The SMILES string of the molecule is C1=CON(c2cccc(-c3ccc4c5ccc(-c6cccc(-c7ncco7)c6)cc5c5ccc(-c6ccccc6)cc5c4c3)c2)N1. The fraction of sp³-hybridized carbons (Fsp3) is 0. The molecule has 218 valence electrons. The maximum Gasteiger partial charge on any atom is 0.225 e. The van der Waals surface area contributed by atoms with Crippen molar-refractivity contribution in [1.29, 1.82) is 0 Å². The molecule has 5 nitrogen and oxygen atoms in total. The molecule has 0 unspecified atom stereocenters. The third-order valence-electron chi connectivity index (χ3n) is 8.75. The molecule has 5 heteroatoms. The Morgan fingerprint density at radius 1 is 0.478 bits per heavy atom. The zero-order valence-corrected chi connectivity index (χ0v) is 24.7. The van der Waals surface area contributed by atoms with Crippen molar-refractivity contribution in [2.24, 2.45) is 0 Å². The van der Waals surface area contributed by atoms with Gasteiger partial charge in [0.1, 0.15) is 12.5 Å². The minimum absolute atomic E-state index is 0.620. The molecule has 9 rings (SSSR count). The van der Waals surface area contributed by atoms with Gasteiger partial charge in [-0.3, -0.25) is 5.43 Å². The molecule has 2 heterocycles. The average molecular weight is 594 g/mol. The second-order valence-electron chi connectivity index (χ2n) is 11.4. The number of hydrogen-bond acceptors (Lipinski definition) is 5. The van der Waals surface area contributed by atoms with Crippen LogP contribution < -0.4 is 10.6 Å². The first kappa shape index (κ1) is 26.1. The van der Waals surface area contributed by atoms with Crippen LogP contribution in [-0.2, 0) is 4.84 Å². The van der Waals surface area contributed by atoms with Crippen LogP contribution in [0.4, 0.5) is 5.69 Å². The number of benzene rings is 7. The summed E-state index contributed by atoms with van der Waals surface area (Å²) in [7, 11) is 0. The summed E-state index contributed by atoms with van der Waals surface area (Å²) in [5.74, 6) is 0.620. The second-order valence-corrected chi connectivity index (χ2v) is 11.4. The predicted molar refractivity (Wildman–Crippen MR) is 187 cm³/mol. The summed E-state index contributed by atoms with van der Waals surface area (Å²) in [6.07, 6.45) is 6.68. The molecule has 1 aromatic heterocycles. The van der Waals surface area contributed by atoms with Crippen LogP contribution >= 0.6 is 0 Å². The number of fused-ring (bicyclic) bond motifs is 6. The lowest BCUT2D eigenvalue weighted by atomic mass is 9.89. The fourth-order valence-electron chi connectivity index (χ4n) is 6.54. The van der Waals surface area contributed by atoms with Crippen molar-refractivity contribution >= 4 is 38.0 Å². The van der Waals surface area contributed by atoms with E-state index in [1.807, 2.05) is 12.1 Å². The van der Waals surface area contributed by atoms with Gasteiger partial charge in [0.05, 0.1) is 18.1 Å². The van der Waals surface area contributed by atoms with Crippen molar-refractivity contribution in [3.8, 4) is 44.8 Å². The average Bonchev–Trinajstić information content (AvgIpc) is 3.88. The van der Waals surface area contributed by atoms with Gasteiger partial charge in [0, 0.05) is 5.56 Å². The normalized spacial score (nSPS) is 12.6. The number of anilines is 1. The van der Waals surface area contributed by atoms with Crippen molar-refractivity contribution in [2.75, 3.05) is 5.17 Å². The van der Waals surface area contributed by atoms with Crippen molar-refractivity contribution in [2.45, 2.75) is 0 Å². The highest BCUT2D eigenvalue weighted by Gasteiger charge is 2.15. The maximum absolute atomic E-state index is 5.58. The van der Waals surface area contributed by atoms with E-state index in [0.717, 1.165) is 33.5 Å². The molecule has 46 heavy (non-hydrogen) atoms. The lowest BCUT2D eigenvalue weighted by Gasteiger charge is -2.18. The summed E-state index contributed by atoms with van der Waals surface area (Å²) in [5, 5.41) is 8.99. The van der Waals surface area contributed by atoms with Gasteiger partial charge >= 0.3 is 0 Å². The van der Waals surface area contributed by atoms with Gasteiger partial charge in [-0.2, -0.15) is 0 Å². The van der Waals surface area contributed by atoms with E-state index in [2.05, 4.69) is 132 Å². The topological polar surface area (TPSA) is 50.5 Å². The van der Waals surface area contributed by atoms with Gasteiger partial charge in [0.2, 0.25) is 5.89 Å². The summed E-state index contributed by atoms with van der Waals surface area (Å²) in [6, 6.07) is 47.8. The molecule has 0 saturated carbocycles. The van der Waals surface area contributed by atoms with Crippen LogP contribution in [0.25, 0.3) is 77.2 Å². The van der Waals surface area contributed by atoms with Crippen LogP contribution in [0.1, 0.15) is 0 Å². The Hall–Kier alpha value is -6.33. The number of oxazole rings is 1. The number of hydrogen-bond donors (Lipinski definition) is 1. The molecule has 0 atom stereocenters. The van der Waals surface area contributed by atoms with E-state index in [1.54, 1.807) is 30.1 Å². The number of nitrogens with zero attached hydrogens (tertiary/aromatic N) is 2. The molecule has 0 amide bonds. The minimum Gasteiger partial charge on any atom is -0.445 e. The van der Waals surface area contributed by atoms with Crippen molar-refractivity contribution in [1.82, 2.24) is 10.4 Å². The maximum atomic E-state index is 5.58. The van der Waals surface area contributed by atoms with Crippen molar-refractivity contribution in [3.05, 3.63) is 158 Å². The van der Waals surface area contributed by atoms with Crippen LogP contribution in [0.3, 0.4) is 0 Å². The standard InChI is InChI=1S/C41H27N3O2/c1-2-6-27(7-3-1)30-12-17-37-38-25-31(28-8-4-10-33(22-28)41-42-18-20-45-41)13-15-35(38)36-16-14-32(26-39(36)40(37)24-30)29-9-5-11-34(23-29)44-43-19-21-46-44/h1-26,43H. The van der Waals surface area contributed by atoms with Crippen molar-refractivity contribution in [3.63, 3.8) is 0 Å². The smallest absolute Gasteiger partial charge is 0.225 e. The van der Waals surface area contributed by atoms with Crippen LogP contribution in [0.2, 0.25) is 0 Å². The minimum atomic E-state index is 0.620. The summed E-state index contributed by atoms with van der Waals surface area (Å²) in [4.78, 5) is 9.91. The third-order valence-corrected chi connectivity index (χ3v) is 8.75. The van der Waals surface area contributed by atoms with Gasteiger partial charge in [-0.15, -0.1) is 5.17 Å². The molecule has 0 aliphatic carbocycles. The number of aromatic nitrogens is 1. The Balaban J connectivity index is 1.25. The number of nitrogens with one attached hydrogen (secondary N) is 1. The molecular weight excluding hydrogens is 566 g/mol. The van der Waals surface area contributed by atoms with Gasteiger partial charge in [0.15, 0.2) is 0 Å². The zero-order chi connectivity index (χ0) is 30.5. The molecule has 0 bridgehead atoms. The lowest BCUT2D eigenvalue weighted by Crippen LogP contribution is -2.27. The van der Waals surface area contributed by atoms with Crippen LogP contribution in [0.15, 0.2) is 163 Å². The van der Waals surface area contributed by atoms with Crippen LogP contribution in [-0.4, -0.2) is 4.98 Å². The molecule has 7 aromatic carbocycles. The molecule has 8 aromatic rings. The van der Waals surface area contributed by atoms with Crippen LogP contribution in [0, 0.1) is 0 Å². The van der Waals surface area contributed by atoms with E-state index in [0.29, 0.717) is 5.89 Å². The van der Waals surface area contributed by atoms with E-state index in [1.165, 1.54) is 43.4 Å². The Kier molecular flexibility index (Phi) is 6.06. The Morgan fingerprint density at radius 3 is 1.70 bits per heavy atom. The Morgan fingerprint density at radius 2 is 1.04 bits per heavy atom. The first-order valence-electron chi connectivity index (χ1n) is 15.3. The zero-order valence-electron chi connectivity index (χ0n) is 24.7. The second kappa shape index (κ2) is 10.7. The Labute approximate surface area is 265 Å². The van der Waals surface area contributed by atoms with Gasteiger partial charge in [0.25, 0.3) is 0 Å². The van der Waals surface area contributed by atoms with Crippen molar-refractivity contribution < 1.29 is 9.25 Å². The third kappa shape index (κ3) is 4.45. The first-order chi connectivity index (χ1) is 22.8. The lowest BCUT2D eigenvalue weighted by molar-refractivity contribution is 0.221. The van der Waals surface area contributed by atoms with Crippen LogP contribution in [0.5, 0.6) is 0 Å². The van der Waals surface area contributed by atoms with Gasteiger partial charge in [-0.05, 0) is 108 Å². The van der Waals surface area contributed by atoms with Gasteiger partial charge < -0.3 is 9.25 Å². The molecule has 0 saturated heterocycles. The highest BCUT2D eigenvalue weighted by Crippen LogP contribution is 2.41. The highest BCUT2D eigenvalue weighted by molar-refractivity contribution is 6.26. The van der Waals surface area contributed by atoms with E-state index in [4.69, 9.17) is 9.25 Å². The Bertz CT molecular complexity index is 2420. The molecule has 0 spiro atoms. The van der Waals surface area contributed by atoms with E-state index < -0.39 is 0 Å². The fourth-order valence-corrected chi connectivity index (χ4v) is 6.54. The van der Waals surface area contributed by atoms with Gasteiger partial charge in [-0.1, -0.05) is 91.0 Å². The number of rotatable bonds is 5. The summed E-state index contributed by atoms with van der Waals surface area (Å²) in [5.41, 5.74) is 11.9. The van der Waals surface area contributed by atoms with E-state index in [-0.39, 0.29) is 0 Å². The summed E-state index contributed by atoms with van der Waals surface area (Å²) < 4.78 is 5.58. The number of hydrazine groups is 1. The first-order valence-corrected chi connectivity index (χ1v) is 15.3. The molecule has 0 radical (unpaired) electrons. The summed E-state index contributed by atoms with van der Waals surface area (Å²) >= 11 is 0. The molecule has 1 N–H and O–H groups in total. The predicted octanol–water partition coefficient (Wildman–Crippen LogP) is 10.5.